The summed E-state index contributed by atoms with van der Waals surface area (Å²) in [5, 5.41) is 4.36. The fourth-order valence-electron chi connectivity index (χ4n) is 2.76. The Balaban J connectivity index is 1.86. The zero-order valence-corrected chi connectivity index (χ0v) is 13.7. The highest BCUT2D eigenvalue weighted by atomic mass is 79.9. The Kier molecular flexibility index (Phi) is 3.85. The van der Waals surface area contributed by atoms with Gasteiger partial charge in [-0.2, -0.15) is 5.10 Å². The summed E-state index contributed by atoms with van der Waals surface area (Å²) in [6.45, 7) is 2.39. The van der Waals surface area contributed by atoms with Crippen LogP contribution in [0.2, 0.25) is 0 Å². The van der Waals surface area contributed by atoms with Crippen LogP contribution in [-0.2, 0) is 20.1 Å². The van der Waals surface area contributed by atoms with E-state index in [1.54, 1.807) is 0 Å². The van der Waals surface area contributed by atoms with Gasteiger partial charge in [0.05, 0.1) is 15.9 Å². The Bertz CT molecular complexity index is 707. The molecule has 0 unspecified atom stereocenters. The summed E-state index contributed by atoms with van der Waals surface area (Å²) < 4.78 is 8.77. The number of ether oxygens (including phenoxy) is 1. The Morgan fingerprint density at radius 2 is 2.19 bits per heavy atom. The number of hydrogen-bond acceptors (Lipinski definition) is 3. The van der Waals surface area contributed by atoms with E-state index in [9.17, 15) is 4.79 Å². The molecular weight excluding hydrogens is 332 g/mol. The minimum absolute atomic E-state index is 0.222. The number of aryl methyl sites for hydroxylation is 2. The first kappa shape index (κ1) is 14.3. The molecule has 5 heteroatoms. The third kappa shape index (κ3) is 2.62. The number of fused-ring (bicyclic) bond motifs is 1. The first-order valence-corrected chi connectivity index (χ1v) is 7.83. The number of nitrogens with zero attached hydrogens (tertiary/aromatic N) is 2. The van der Waals surface area contributed by atoms with Gasteiger partial charge in [0.1, 0.15) is 12.4 Å². The maximum absolute atomic E-state index is 11.9. The third-order valence-electron chi connectivity index (χ3n) is 3.89. The number of hydrogen-bond donors (Lipinski definition) is 0. The normalized spacial score (nSPS) is 14.1. The van der Waals surface area contributed by atoms with Crippen molar-refractivity contribution in [2.24, 2.45) is 7.05 Å². The second kappa shape index (κ2) is 5.64. The van der Waals surface area contributed by atoms with Gasteiger partial charge in [-0.3, -0.25) is 9.48 Å². The fraction of sp³-hybridized carbons (Fsp3) is 0.375. The summed E-state index contributed by atoms with van der Waals surface area (Å²) in [6, 6.07) is 5.73. The first-order chi connectivity index (χ1) is 10.1. The zero-order valence-electron chi connectivity index (χ0n) is 12.1. The number of carbonyl (C=O) groups is 1. The van der Waals surface area contributed by atoms with Gasteiger partial charge in [-0.05, 0) is 41.8 Å². The summed E-state index contributed by atoms with van der Waals surface area (Å²) in [7, 11) is 1.90. The van der Waals surface area contributed by atoms with Gasteiger partial charge >= 0.3 is 0 Å². The van der Waals surface area contributed by atoms with E-state index in [2.05, 4.69) is 21.0 Å². The molecule has 0 bridgehead atoms. The molecule has 0 saturated carbocycles. The number of rotatable bonds is 3. The van der Waals surface area contributed by atoms with Crippen molar-refractivity contribution in [3.8, 4) is 5.75 Å². The average Bonchev–Trinajstić information content (AvgIpc) is 2.71. The summed E-state index contributed by atoms with van der Waals surface area (Å²) in [6.07, 6.45) is 2.45. The predicted octanol–water partition coefficient (Wildman–Crippen LogP) is 3.59. The van der Waals surface area contributed by atoms with Crippen LogP contribution in [0.25, 0.3) is 0 Å². The van der Waals surface area contributed by atoms with Crippen molar-refractivity contribution in [3.05, 3.63) is 45.2 Å². The molecule has 110 valence electrons. The van der Waals surface area contributed by atoms with Crippen molar-refractivity contribution >= 4 is 21.7 Å². The van der Waals surface area contributed by atoms with Crippen LogP contribution in [0.3, 0.4) is 0 Å². The quantitative estimate of drug-likeness (QED) is 0.851. The predicted molar refractivity (Wildman–Crippen MR) is 83.7 cm³/mol. The lowest BCUT2D eigenvalue weighted by Crippen LogP contribution is -2.13. The minimum atomic E-state index is 0.222. The Labute approximate surface area is 132 Å². The van der Waals surface area contributed by atoms with Gasteiger partial charge in [-0.15, -0.1) is 0 Å². The van der Waals surface area contributed by atoms with Gasteiger partial charge in [-0.25, -0.2) is 0 Å². The van der Waals surface area contributed by atoms with Crippen LogP contribution in [-0.4, -0.2) is 15.6 Å². The molecule has 1 aliphatic carbocycles. The number of carbonyl (C=O) groups excluding carboxylic acids is 1. The number of aromatic nitrogens is 2. The van der Waals surface area contributed by atoms with Crippen LogP contribution >= 0.6 is 15.9 Å². The van der Waals surface area contributed by atoms with E-state index in [4.69, 9.17) is 4.74 Å². The molecule has 3 rings (SSSR count). The second-order valence-electron chi connectivity index (χ2n) is 5.32. The van der Waals surface area contributed by atoms with Crippen molar-refractivity contribution in [2.75, 3.05) is 0 Å². The average molecular weight is 349 g/mol. The Morgan fingerprint density at radius 3 is 2.90 bits per heavy atom. The van der Waals surface area contributed by atoms with Crippen molar-refractivity contribution in [1.82, 2.24) is 9.78 Å². The molecule has 0 spiro atoms. The van der Waals surface area contributed by atoms with Crippen molar-refractivity contribution in [3.63, 3.8) is 0 Å². The first-order valence-electron chi connectivity index (χ1n) is 7.04. The van der Waals surface area contributed by atoms with Crippen LogP contribution in [0, 0.1) is 6.92 Å². The highest BCUT2D eigenvalue weighted by molar-refractivity contribution is 9.10. The number of halogens is 1. The summed E-state index contributed by atoms with van der Waals surface area (Å²) in [5.74, 6) is 1.03. The zero-order chi connectivity index (χ0) is 15.0. The molecule has 0 N–H and O–H groups in total. The molecule has 0 saturated heterocycles. The number of benzene rings is 1. The third-order valence-corrected chi connectivity index (χ3v) is 4.92. The van der Waals surface area contributed by atoms with Crippen molar-refractivity contribution in [2.45, 2.75) is 32.8 Å². The lowest BCUT2D eigenvalue weighted by Gasteiger charge is -2.18. The Morgan fingerprint density at radius 1 is 1.38 bits per heavy atom. The van der Waals surface area contributed by atoms with Gasteiger partial charge in [0.2, 0.25) is 0 Å². The maximum atomic E-state index is 11.9. The largest absolute Gasteiger partial charge is 0.487 e. The fourth-order valence-corrected chi connectivity index (χ4v) is 3.21. The molecule has 0 fully saturated rings. The highest BCUT2D eigenvalue weighted by Gasteiger charge is 2.20. The van der Waals surface area contributed by atoms with E-state index in [0.717, 1.165) is 45.6 Å². The van der Waals surface area contributed by atoms with E-state index >= 15 is 0 Å². The molecule has 1 aromatic carbocycles. The summed E-state index contributed by atoms with van der Waals surface area (Å²) in [4.78, 5) is 11.9. The van der Waals surface area contributed by atoms with E-state index in [0.29, 0.717) is 13.0 Å². The van der Waals surface area contributed by atoms with Crippen LogP contribution in [0.4, 0.5) is 0 Å². The van der Waals surface area contributed by atoms with E-state index in [1.807, 2.05) is 36.9 Å². The van der Waals surface area contributed by atoms with Gasteiger partial charge in [-0.1, -0.05) is 12.1 Å². The van der Waals surface area contributed by atoms with Crippen LogP contribution in [0.5, 0.6) is 5.75 Å². The molecule has 2 aromatic rings. The molecule has 0 atom stereocenters. The van der Waals surface area contributed by atoms with E-state index < -0.39 is 0 Å². The summed E-state index contributed by atoms with van der Waals surface area (Å²) in [5.41, 5.74) is 3.80. The lowest BCUT2D eigenvalue weighted by atomic mass is 9.90. The van der Waals surface area contributed by atoms with Crippen LogP contribution in [0.1, 0.15) is 40.2 Å². The van der Waals surface area contributed by atoms with Crippen molar-refractivity contribution in [1.29, 1.82) is 0 Å². The standard InChI is InChI=1S/C16H17BrN2O2/c1-10-16(17)13(19(2)18-10)9-21-15-8-4-5-11-12(15)6-3-7-14(11)20/h4-5,8H,3,6-7,9H2,1-2H3. The number of Topliss-reactive ketones (excluding diaryl/α,β-unsaturated/α-hetero) is 1. The van der Waals surface area contributed by atoms with Crippen LogP contribution in [0.15, 0.2) is 22.7 Å². The van der Waals surface area contributed by atoms with Gasteiger partial charge in [0, 0.05) is 24.6 Å². The number of ketones is 1. The van der Waals surface area contributed by atoms with Gasteiger partial charge in [0.25, 0.3) is 0 Å². The summed E-state index contributed by atoms with van der Waals surface area (Å²) >= 11 is 3.54. The smallest absolute Gasteiger partial charge is 0.163 e. The second-order valence-corrected chi connectivity index (χ2v) is 6.11. The molecule has 0 amide bonds. The SMILES string of the molecule is Cc1nn(C)c(COc2cccc3c2CCCC3=O)c1Br. The van der Waals surface area contributed by atoms with Gasteiger partial charge < -0.3 is 4.74 Å². The maximum Gasteiger partial charge on any atom is 0.163 e. The van der Waals surface area contributed by atoms with Crippen LogP contribution < -0.4 is 4.74 Å². The molecule has 4 nitrogen and oxygen atoms in total. The minimum Gasteiger partial charge on any atom is -0.487 e. The van der Waals surface area contributed by atoms with Crippen molar-refractivity contribution < 1.29 is 9.53 Å². The highest BCUT2D eigenvalue weighted by Crippen LogP contribution is 2.30. The molecule has 21 heavy (non-hydrogen) atoms. The topological polar surface area (TPSA) is 44.1 Å². The lowest BCUT2D eigenvalue weighted by molar-refractivity contribution is 0.0971. The molecule has 1 aromatic heterocycles. The molecule has 0 radical (unpaired) electrons. The van der Waals surface area contributed by atoms with E-state index in [1.165, 1.54) is 0 Å². The molecule has 1 heterocycles. The molecular formula is C16H17BrN2O2. The van der Waals surface area contributed by atoms with E-state index in [-0.39, 0.29) is 5.78 Å². The molecule has 1 aliphatic rings. The Hall–Kier alpha value is -1.62. The van der Waals surface area contributed by atoms with Gasteiger partial charge in [0.15, 0.2) is 5.78 Å². The molecule has 0 aliphatic heterocycles. The monoisotopic (exact) mass is 348 g/mol.